The zero-order valence-corrected chi connectivity index (χ0v) is 12.2. The van der Waals surface area contributed by atoms with E-state index in [1.807, 2.05) is 34.6 Å². The number of allylic oxidation sites excluding steroid dienone is 2. The fourth-order valence-electron chi connectivity index (χ4n) is 1.64. The molecule has 0 heterocycles. The molecule has 0 aromatic heterocycles. The predicted molar refractivity (Wildman–Crippen MR) is 73.0 cm³/mol. The van der Waals surface area contributed by atoms with E-state index in [0.717, 1.165) is 12.8 Å². The highest BCUT2D eigenvalue weighted by Gasteiger charge is 2.32. The fraction of sp³-hybridized carbons (Fsp3) is 0.733. The zero-order chi connectivity index (χ0) is 14.4. The van der Waals surface area contributed by atoms with Gasteiger partial charge in [0, 0.05) is 23.3 Å². The highest BCUT2D eigenvalue weighted by atomic mass is 16.3. The Morgan fingerprint density at radius 3 is 1.94 bits per heavy atom. The molecule has 0 saturated carbocycles. The average Bonchev–Trinajstić information content (AvgIpc) is 2.37. The average molecular weight is 251 g/mol. The standard InChI is InChI=1S/C15H25NO2/c1-6-14(4,7-2)12(17)11-13(18)15(5,8-3)9-10-16/h11,18H,6-9H2,1-5H3. The van der Waals surface area contributed by atoms with Gasteiger partial charge >= 0.3 is 0 Å². The minimum absolute atomic E-state index is 0.0321. The van der Waals surface area contributed by atoms with Gasteiger partial charge in [-0.3, -0.25) is 4.79 Å². The molecule has 0 aliphatic heterocycles. The van der Waals surface area contributed by atoms with Crippen LogP contribution in [0.5, 0.6) is 0 Å². The van der Waals surface area contributed by atoms with Gasteiger partial charge in [-0.2, -0.15) is 5.26 Å². The molecule has 0 amide bonds. The van der Waals surface area contributed by atoms with Crippen LogP contribution < -0.4 is 0 Å². The Balaban J connectivity index is 5.20. The van der Waals surface area contributed by atoms with E-state index in [-0.39, 0.29) is 18.0 Å². The maximum atomic E-state index is 12.2. The number of rotatable bonds is 7. The first kappa shape index (κ1) is 16.7. The lowest BCUT2D eigenvalue weighted by atomic mass is 9.77. The molecule has 102 valence electrons. The van der Waals surface area contributed by atoms with Crippen LogP contribution in [0.2, 0.25) is 0 Å². The van der Waals surface area contributed by atoms with Crippen LogP contribution in [0.15, 0.2) is 11.8 Å². The zero-order valence-electron chi connectivity index (χ0n) is 12.2. The molecule has 18 heavy (non-hydrogen) atoms. The first-order valence-electron chi connectivity index (χ1n) is 6.62. The molecule has 3 heteroatoms. The molecule has 0 bridgehead atoms. The number of nitrogens with zero attached hydrogens (tertiary/aromatic N) is 1. The third kappa shape index (κ3) is 3.60. The van der Waals surface area contributed by atoms with E-state index < -0.39 is 10.8 Å². The van der Waals surface area contributed by atoms with Gasteiger partial charge in [-0.1, -0.05) is 34.6 Å². The maximum absolute atomic E-state index is 12.2. The number of ketones is 1. The predicted octanol–water partition coefficient (Wildman–Crippen LogP) is 4.15. The molecular weight excluding hydrogens is 226 g/mol. The first-order chi connectivity index (χ1) is 8.29. The molecule has 1 N–H and O–H groups in total. The van der Waals surface area contributed by atoms with Crippen LogP contribution in [0.25, 0.3) is 0 Å². The van der Waals surface area contributed by atoms with E-state index in [9.17, 15) is 9.90 Å². The molecule has 0 saturated heterocycles. The Morgan fingerprint density at radius 2 is 1.61 bits per heavy atom. The second kappa shape index (κ2) is 6.58. The number of hydrogen-bond acceptors (Lipinski definition) is 3. The number of aliphatic hydroxyl groups is 1. The van der Waals surface area contributed by atoms with Gasteiger partial charge < -0.3 is 5.11 Å². The SMILES string of the molecule is CCC(C)(CC)C(=O)C=C(O)C(C)(CC)CC#N. The summed E-state index contributed by atoms with van der Waals surface area (Å²) in [5, 5.41) is 18.9. The number of nitriles is 1. The van der Waals surface area contributed by atoms with Gasteiger partial charge in [-0.05, 0) is 19.3 Å². The third-order valence-electron chi connectivity index (χ3n) is 4.29. The van der Waals surface area contributed by atoms with Crippen LogP contribution in [0.4, 0.5) is 0 Å². The highest BCUT2D eigenvalue weighted by Crippen LogP contribution is 2.34. The Labute approximate surface area is 111 Å². The molecule has 0 aromatic rings. The van der Waals surface area contributed by atoms with Crippen molar-refractivity contribution in [1.82, 2.24) is 0 Å². The summed E-state index contributed by atoms with van der Waals surface area (Å²) in [4.78, 5) is 12.2. The van der Waals surface area contributed by atoms with Crippen LogP contribution >= 0.6 is 0 Å². The summed E-state index contributed by atoms with van der Waals surface area (Å²) >= 11 is 0. The van der Waals surface area contributed by atoms with Crippen molar-refractivity contribution >= 4 is 5.78 Å². The molecule has 0 fully saturated rings. The molecule has 0 spiro atoms. The minimum atomic E-state index is -0.618. The van der Waals surface area contributed by atoms with Gasteiger partial charge in [0.1, 0.15) is 5.76 Å². The normalized spacial score (nSPS) is 15.9. The molecule has 0 rings (SSSR count). The fourth-order valence-corrected chi connectivity index (χ4v) is 1.64. The van der Waals surface area contributed by atoms with Gasteiger partial charge in [0.25, 0.3) is 0 Å². The summed E-state index contributed by atoms with van der Waals surface area (Å²) in [5.41, 5.74) is -1.04. The first-order valence-corrected chi connectivity index (χ1v) is 6.62. The number of carbonyl (C=O) groups is 1. The Bertz CT molecular complexity index is 361. The summed E-state index contributed by atoms with van der Waals surface area (Å²) in [6, 6.07) is 2.07. The van der Waals surface area contributed by atoms with Crippen LogP contribution in [0, 0.1) is 22.2 Å². The van der Waals surface area contributed by atoms with Crippen LogP contribution in [-0.4, -0.2) is 10.9 Å². The second-order valence-electron chi connectivity index (χ2n) is 5.41. The van der Waals surface area contributed by atoms with Gasteiger partial charge in [0.15, 0.2) is 5.78 Å². The van der Waals surface area contributed by atoms with E-state index in [2.05, 4.69) is 6.07 Å². The molecule has 0 aromatic carbocycles. The van der Waals surface area contributed by atoms with Gasteiger partial charge in [0.2, 0.25) is 0 Å². The highest BCUT2D eigenvalue weighted by molar-refractivity contribution is 5.94. The van der Waals surface area contributed by atoms with Gasteiger partial charge in [-0.25, -0.2) is 0 Å². The van der Waals surface area contributed by atoms with Crippen LogP contribution in [0.1, 0.15) is 60.3 Å². The lowest BCUT2D eigenvalue weighted by Gasteiger charge is -2.27. The summed E-state index contributed by atoms with van der Waals surface area (Å²) in [7, 11) is 0. The number of aliphatic hydroxyl groups excluding tert-OH is 1. The molecule has 3 nitrogen and oxygen atoms in total. The monoisotopic (exact) mass is 251 g/mol. The number of carbonyl (C=O) groups excluding carboxylic acids is 1. The topological polar surface area (TPSA) is 61.1 Å². The Hall–Kier alpha value is -1.30. The molecule has 0 radical (unpaired) electrons. The van der Waals surface area contributed by atoms with Crippen molar-refractivity contribution in [2.45, 2.75) is 60.3 Å². The smallest absolute Gasteiger partial charge is 0.164 e. The molecule has 1 atom stereocenters. The maximum Gasteiger partial charge on any atom is 0.164 e. The summed E-state index contributed by atoms with van der Waals surface area (Å²) in [6.07, 6.45) is 3.66. The van der Waals surface area contributed by atoms with E-state index in [1.54, 1.807) is 0 Å². The van der Waals surface area contributed by atoms with Crippen LogP contribution in [0.3, 0.4) is 0 Å². The van der Waals surface area contributed by atoms with Crippen molar-refractivity contribution in [3.8, 4) is 6.07 Å². The van der Waals surface area contributed by atoms with Crippen molar-refractivity contribution in [3.05, 3.63) is 11.8 Å². The Morgan fingerprint density at radius 1 is 1.17 bits per heavy atom. The van der Waals surface area contributed by atoms with E-state index in [1.165, 1.54) is 6.08 Å². The third-order valence-corrected chi connectivity index (χ3v) is 4.29. The van der Waals surface area contributed by atoms with Gasteiger partial charge in [-0.15, -0.1) is 0 Å². The van der Waals surface area contributed by atoms with Crippen LogP contribution in [-0.2, 0) is 4.79 Å². The second-order valence-corrected chi connectivity index (χ2v) is 5.41. The molecule has 1 unspecified atom stereocenters. The van der Waals surface area contributed by atoms with E-state index >= 15 is 0 Å². The lowest BCUT2D eigenvalue weighted by molar-refractivity contribution is -0.123. The van der Waals surface area contributed by atoms with Crippen molar-refractivity contribution in [3.63, 3.8) is 0 Å². The lowest BCUT2D eigenvalue weighted by Crippen LogP contribution is -2.27. The minimum Gasteiger partial charge on any atom is -0.512 e. The molecular formula is C15H25NO2. The molecule has 0 aliphatic carbocycles. The summed E-state index contributed by atoms with van der Waals surface area (Å²) < 4.78 is 0. The van der Waals surface area contributed by atoms with Crippen molar-refractivity contribution in [1.29, 1.82) is 5.26 Å². The largest absolute Gasteiger partial charge is 0.512 e. The van der Waals surface area contributed by atoms with Crippen molar-refractivity contribution in [2.24, 2.45) is 10.8 Å². The molecule has 0 aliphatic rings. The van der Waals surface area contributed by atoms with Crippen molar-refractivity contribution < 1.29 is 9.90 Å². The van der Waals surface area contributed by atoms with Gasteiger partial charge in [0.05, 0.1) is 6.07 Å². The quantitative estimate of drug-likeness (QED) is 0.546. The van der Waals surface area contributed by atoms with E-state index in [0.29, 0.717) is 6.42 Å². The van der Waals surface area contributed by atoms with E-state index in [4.69, 9.17) is 5.26 Å². The summed E-state index contributed by atoms with van der Waals surface area (Å²) in [5.74, 6) is -0.0210. The van der Waals surface area contributed by atoms with Crippen molar-refractivity contribution in [2.75, 3.05) is 0 Å². The summed E-state index contributed by atoms with van der Waals surface area (Å²) in [6.45, 7) is 9.57. The number of hydrogen-bond donors (Lipinski definition) is 1. The Kier molecular flexibility index (Phi) is 6.11.